The van der Waals surface area contributed by atoms with Crippen LogP contribution in [-0.4, -0.2) is 10.9 Å². The van der Waals surface area contributed by atoms with Crippen LogP contribution in [0, 0.1) is 6.92 Å². The van der Waals surface area contributed by atoms with Crippen LogP contribution in [0.15, 0.2) is 50.1 Å². The van der Waals surface area contributed by atoms with E-state index in [2.05, 4.69) is 15.9 Å². The molecule has 1 heterocycles. The van der Waals surface area contributed by atoms with Gasteiger partial charge in [0.25, 0.3) is 0 Å². The number of ketones is 1. The van der Waals surface area contributed by atoms with Gasteiger partial charge in [0, 0.05) is 10.5 Å². The van der Waals surface area contributed by atoms with E-state index in [9.17, 15) is 14.7 Å². The molecule has 0 saturated heterocycles. The molecule has 0 fully saturated rings. The SMILES string of the molecule is Cc1cc(O)c(C(=O)/C=C/c2ccccc2Br)c(=O)o1. The molecule has 2 rings (SSSR count). The van der Waals surface area contributed by atoms with Crippen molar-refractivity contribution in [3.8, 4) is 5.75 Å². The van der Waals surface area contributed by atoms with Crippen LogP contribution < -0.4 is 5.63 Å². The van der Waals surface area contributed by atoms with Gasteiger partial charge in [-0.25, -0.2) is 4.79 Å². The van der Waals surface area contributed by atoms with Crippen molar-refractivity contribution in [1.29, 1.82) is 0 Å². The zero-order valence-corrected chi connectivity index (χ0v) is 12.2. The normalized spacial score (nSPS) is 10.9. The molecule has 0 atom stereocenters. The lowest BCUT2D eigenvalue weighted by molar-refractivity contribution is 0.104. The van der Waals surface area contributed by atoms with Crippen molar-refractivity contribution in [2.24, 2.45) is 0 Å². The van der Waals surface area contributed by atoms with Gasteiger partial charge in [-0.2, -0.15) is 0 Å². The lowest BCUT2D eigenvalue weighted by Crippen LogP contribution is -2.12. The number of rotatable bonds is 3. The molecule has 1 aromatic heterocycles. The first-order valence-electron chi connectivity index (χ1n) is 5.79. The Morgan fingerprint density at radius 3 is 2.70 bits per heavy atom. The molecule has 20 heavy (non-hydrogen) atoms. The van der Waals surface area contributed by atoms with Crippen molar-refractivity contribution in [3.05, 3.63) is 68.2 Å². The van der Waals surface area contributed by atoms with Crippen LogP contribution >= 0.6 is 15.9 Å². The summed E-state index contributed by atoms with van der Waals surface area (Å²) < 4.78 is 5.63. The maximum absolute atomic E-state index is 12.0. The van der Waals surface area contributed by atoms with Gasteiger partial charge in [-0.3, -0.25) is 4.79 Å². The lowest BCUT2D eigenvalue weighted by Gasteiger charge is -2.00. The minimum absolute atomic E-state index is 0.249. The summed E-state index contributed by atoms with van der Waals surface area (Å²) in [5, 5.41) is 9.67. The number of benzene rings is 1. The maximum atomic E-state index is 12.0. The molecule has 0 bridgehead atoms. The van der Waals surface area contributed by atoms with E-state index in [-0.39, 0.29) is 17.1 Å². The minimum Gasteiger partial charge on any atom is -0.507 e. The highest BCUT2D eigenvalue weighted by atomic mass is 79.9. The monoisotopic (exact) mass is 334 g/mol. The van der Waals surface area contributed by atoms with Gasteiger partial charge in [0.1, 0.15) is 17.1 Å². The number of carbonyl (C=O) groups is 1. The Morgan fingerprint density at radius 1 is 1.35 bits per heavy atom. The summed E-state index contributed by atoms with van der Waals surface area (Å²) in [5.74, 6) is -0.730. The van der Waals surface area contributed by atoms with Gasteiger partial charge in [0.05, 0.1) is 0 Å². The number of aryl methyl sites for hydroxylation is 1. The molecule has 0 spiro atoms. The summed E-state index contributed by atoms with van der Waals surface area (Å²) in [6, 6.07) is 8.56. The Hall–Kier alpha value is -2.14. The second-order valence-electron chi connectivity index (χ2n) is 4.12. The molecule has 0 radical (unpaired) electrons. The number of hydrogen-bond acceptors (Lipinski definition) is 4. The highest BCUT2D eigenvalue weighted by molar-refractivity contribution is 9.10. The first-order chi connectivity index (χ1) is 9.49. The summed E-state index contributed by atoms with van der Waals surface area (Å²) in [4.78, 5) is 23.6. The van der Waals surface area contributed by atoms with Gasteiger partial charge in [-0.1, -0.05) is 34.1 Å². The second-order valence-corrected chi connectivity index (χ2v) is 4.98. The van der Waals surface area contributed by atoms with E-state index < -0.39 is 11.4 Å². The first-order valence-corrected chi connectivity index (χ1v) is 6.59. The smallest absolute Gasteiger partial charge is 0.351 e. The van der Waals surface area contributed by atoms with Gasteiger partial charge < -0.3 is 9.52 Å². The van der Waals surface area contributed by atoms with Gasteiger partial charge in [0.15, 0.2) is 5.78 Å². The topological polar surface area (TPSA) is 67.5 Å². The third-order valence-corrected chi connectivity index (χ3v) is 3.34. The van der Waals surface area contributed by atoms with Crippen molar-refractivity contribution in [2.45, 2.75) is 6.92 Å². The van der Waals surface area contributed by atoms with E-state index in [4.69, 9.17) is 4.42 Å². The fourth-order valence-corrected chi connectivity index (χ4v) is 2.10. The number of halogens is 1. The summed E-state index contributed by atoms with van der Waals surface area (Å²) in [7, 11) is 0. The molecule has 0 amide bonds. The molecule has 5 heteroatoms. The number of aromatic hydroxyl groups is 1. The Kier molecular flexibility index (Phi) is 4.20. The Balaban J connectivity index is 2.35. The fraction of sp³-hybridized carbons (Fsp3) is 0.0667. The van der Waals surface area contributed by atoms with E-state index in [1.807, 2.05) is 24.3 Å². The predicted octanol–water partition coefficient (Wildman–Crippen LogP) is 3.31. The maximum Gasteiger partial charge on any atom is 0.351 e. The average Bonchev–Trinajstić information content (AvgIpc) is 2.36. The minimum atomic E-state index is -0.843. The van der Waals surface area contributed by atoms with Crippen LogP contribution in [0.3, 0.4) is 0 Å². The van der Waals surface area contributed by atoms with Crippen molar-refractivity contribution >= 4 is 27.8 Å². The Labute approximate surface area is 123 Å². The number of allylic oxidation sites excluding steroid dienone is 1. The molecule has 0 saturated carbocycles. The van der Waals surface area contributed by atoms with E-state index >= 15 is 0 Å². The highest BCUT2D eigenvalue weighted by Gasteiger charge is 2.15. The van der Waals surface area contributed by atoms with E-state index in [1.54, 1.807) is 6.08 Å². The molecule has 102 valence electrons. The third-order valence-electron chi connectivity index (χ3n) is 2.62. The van der Waals surface area contributed by atoms with Crippen LogP contribution in [0.4, 0.5) is 0 Å². The Bertz CT molecular complexity index is 744. The highest BCUT2D eigenvalue weighted by Crippen LogP contribution is 2.19. The number of carbonyl (C=O) groups excluding carboxylic acids is 1. The van der Waals surface area contributed by atoms with Crippen molar-refractivity contribution in [2.75, 3.05) is 0 Å². The zero-order chi connectivity index (χ0) is 14.7. The Morgan fingerprint density at radius 2 is 2.05 bits per heavy atom. The van der Waals surface area contributed by atoms with Crippen LogP contribution in [0.1, 0.15) is 21.7 Å². The molecule has 0 aliphatic carbocycles. The van der Waals surface area contributed by atoms with Crippen LogP contribution in [0.2, 0.25) is 0 Å². The zero-order valence-electron chi connectivity index (χ0n) is 10.6. The summed E-state index contributed by atoms with van der Waals surface area (Å²) in [5.41, 5.74) is -0.417. The third kappa shape index (κ3) is 3.05. The van der Waals surface area contributed by atoms with E-state index in [0.717, 1.165) is 10.0 Å². The van der Waals surface area contributed by atoms with Gasteiger partial charge in [-0.15, -0.1) is 0 Å². The molecule has 1 aromatic carbocycles. The van der Waals surface area contributed by atoms with Crippen LogP contribution in [0.25, 0.3) is 6.08 Å². The van der Waals surface area contributed by atoms with Gasteiger partial charge >= 0.3 is 5.63 Å². The van der Waals surface area contributed by atoms with Crippen molar-refractivity contribution < 1.29 is 14.3 Å². The molecule has 2 aromatic rings. The average molecular weight is 335 g/mol. The standard InChI is InChI=1S/C15H11BrO4/c1-9-8-13(18)14(15(19)20-9)12(17)7-6-10-4-2-3-5-11(10)16/h2-8,18H,1H3/b7-6+. The quantitative estimate of drug-likeness (QED) is 0.690. The molecular formula is C15H11BrO4. The lowest BCUT2D eigenvalue weighted by atomic mass is 10.1. The molecule has 0 aliphatic heterocycles. The first kappa shape index (κ1) is 14.3. The van der Waals surface area contributed by atoms with Gasteiger partial charge in [0.2, 0.25) is 0 Å². The van der Waals surface area contributed by atoms with Crippen molar-refractivity contribution in [3.63, 3.8) is 0 Å². The predicted molar refractivity (Wildman–Crippen MR) is 78.9 cm³/mol. The summed E-state index contributed by atoms with van der Waals surface area (Å²) >= 11 is 3.35. The van der Waals surface area contributed by atoms with Crippen LogP contribution in [0.5, 0.6) is 5.75 Å². The van der Waals surface area contributed by atoms with Crippen molar-refractivity contribution in [1.82, 2.24) is 0 Å². The fourth-order valence-electron chi connectivity index (χ4n) is 1.68. The van der Waals surface area contributed by atoms with Crippen LogP contribution in [-0.2, 0) is 0 Å². The molecule has 0 unspecified atom stereocenters. The second kappa shape index (κ2) is 5.88. The van der Waals surface area contributed by atoms with E-state index in [0.29, 0.717) is 0 Å². The molecule has 1 N–H and O–H groups in total. The molecule has 4 nitrogen and oxygen atoms in total. The summed E-state index contributed by atoms with van der Waals surface area (Å²) in [6.45, 7) is 1.52. The summed E-state index contributed by atoms with van der Waals surface area (Å²) in [6.07, 6.45) is 2.78. The number of hydrogen-bond donors (Lipinski definition) is 1. The van der Waals surface area contributed by atoms with Gasteiger partial charge in [-0.05, 0) is 30.7 Å². The largest absolute Gasteiger partial charge is 0.507 e. The molecular weight excluding hydrogens is 324 g/mol. The van der Waals surface area contributed by atoms with E-state index in [1.165, 1.54) is 19.1 Å². The molecule has 0 aliphatic rings.